The average molecular weight is 221 g/mol. The van der Waals surface area contributed by atoms with E-state index in [4.69, 9.17) is 4.74 Å². The molecule has 0 saturated heterocycles. The summed E-state index contributed by atoms with van der Waals surface area (Å²) in [6, 6.07) is 0. The maximum Gasteiger partial charge on any atom is 0.136 e. The summed E-state index contributed by atoms with van der Waals surface area (Å²) >= 11 is 0. The molecule has 0 aliphatic carbocycles. The highest BCUT2D eigenvalue weighted by atomic mass is 16.5. The minimum absolute atomic E-state index is 0.130. The number of hydrogen-bond acceptors (Lipinski definition) is 5. The lowest BCUT2D eigenvalue weighted by Crippen LogP contribution is -2.24. The van der Waals surface area contributed by atoms with Crippen LogP contribution in [0.3, 0.4) is 0 Å². The van der Waals surface area contributed by atoms with Gasteiger partial charge in [0.25, 0.3) is 0 Å². The molecule has 1 rings (SSSR count). The Morgan fingerprint density at radius 2 is 2.38 bits per heavy atom. The molecular formula is C11H15N3O2. The van der Waals surface area contributed by atoms with Crippen LogP contribution in [0.1, 0.15) is 13.8 Å². The second-order valence-electron chi connectivity index (χ2n) is 3.30. The largest absolute Gasteiger partial charge is 0.345 e. The molecule has 5 heteroatoms. The summed E-state index contributed by atoms with van der Waals surface area (Å²) in [4.78, 5) is 13.8. The van der Waals surface area contributed by atoms with Crippen LogP contribution in [-0.2, 0) is 4.74 Å². The fraction of sp³-hybridized carbons (Fsp3) is 0.455. The Balaban J connectivity index is 2.53. The molecule has 1 heterocycles. The zero-order valence-corrected chi connectivity index (χ0v) is 9.67. The maximum absolute atomic E-state index is 10.2. The first-order chi connectivity index (χ1) is 7.69. The normalized spacial score (nSPS) is 18.6. The highest BCUT2D eigenvalue weighted by Crippen LogP contribution is 2.17. The van der Waals surface area contributed by atoms with Gasteiger partial charge < -0.3 is 14.5 Å². The Hall–Kier alpha value is -1.80. The maximum atomic E-state index is 10.2. The lowest BCUT2D eigenvalue weighted by molar-refractivity contribution is 0.0417. The van der Waals surface area contributed by atoms with Crippen molar-refractivity contribution in [1.82, 2.24) is 9.80 Å². The summed E-state index contributed by atoms with van der Waals surface area (Å²) in [5.41, 5.74) is 0. The van der Waals surface area contributed by atoms with Gasteiger partial charge in [0.1, 0.15) is 24.9 Å². The topological polar surface area (TPSA) is 45.1 Å². The van der Waals surface area contributed by atoms with E-state index < -0.39 is 0 Å². The second kappa shape index (κ2) is 5.93. The van der Waals surface area contributed by atoms with Crippen LogP contribution < -0.4 is 0 Å². The minimum Gasteiger partial charge on any atom is -0.345 e. The number of rotatable bonds is 4. The molecule has 0 radical (unpaired) electrons. The fourth-order valence-electron chi connectivity index (χ4n) is 1.29. The van der Waals surface area contributed by atoms with Crippen molar-refractivity contribution in [2.24, 2.45) is 5.18 Å². The van der Waals surface area contributed by atoms with E-state index in [-0.39, 0.29) is 6.10 Å². The molecule has 0 amide bonds. The molecule has 1 atom stereocenters. The molecule has 1 unspecified atom stereocenters. The predicted molar refractivity (Wildman–Crippen MR) is 61.5 cm³/mol. The molecule has 5 nitrogen and oxygen atoms in total. The molecule has 0 N–H and O–H groups in total. The molecule has 0 aromatic carbocycles. The smallest absolute Gasteiger partial charge is 0.136 e. The van der Waals surface area contributed by atoms with Crippen LogP contribution in [0.25, 0.3) is 0 Å². The molecule has 0 aromatic heterocycles. The lowest BCUT2D eigenvalue weighted by Gasteiger charge is -2.21. The van der Waals surface area contributed by atoms with Crippen molar-refractivity contribution >= 4 is 0 Å². The quantitative estimate of drug-likeness (QED) is 0.535. The van der Waals surface area contributed by atoms with Crippen LogP contribution in [-0.4, -0.2) is 29.7 Å². The zero-order valence-electron chi connectivity index (χ0n) is 9.67. The van der Waals surface area contributed by atoms with E-state index in [2.05, 4.69) is 17.0 Å². The van der Waals surface area contributed by atoms with Gasteiger partial charge in [-0.15, -0.1) is 10.8 Å². The molecule has 0 spiro atoms. The number of nitrogens with zero attached hydrogens (tertiary/aromatic N) is 3. The van der Waals surface area contributed by atoms with E-state index in [1.807, 2.05) is 26.4 Å². The van der Waals surface area contributed by atoms with Crippen molar-refractivity contribution in [3.05, 3.63) is 29.3 Å². The van der Waals surface area contributed by atoms with Crippen LogP contribution in [0.4, 0.5) is 0 Å². The molecule has 0 saturated carbocycles. The second-order valence-corrected chi connectivity index (χ2v) is 3.30. The first-order valence-electron chi connectivity index (χ1n) is 4.93. The summed E-state index contributed by atoms with van der Waals surface area (Å²) in [5, 5.41) is 2.76. The monoisotopic (exact) mass is 221 g/mol. The summed E-state index contributed by atoms with van der Waals surface area (Å²) < 4.78 is 5.48. The Morgan fingerprint density at radius 3 is 3.00 bits per heavy atom. The van der Waals surface area contributed by atoms with Gasteiger partial charge in [0, 0.05) is 19.4 Å². The molecule has 0 fully saturated rings. The lowest BCUT2D eigenvalue weighted by atomic mass is 10.4. The van der Waals surface area contributed by atoms with E-state index >= 15 is 0 Å². The molecule has 0 aromatic rings. The van der Waals surface area contributed by atoms with E-state index in [1.165, 1.54) is 6.20 Å². The number of nitroso groups, excluding NO2 is 1. The van der Waals surface area contributed by atoms with Gasteiger partial charge in [-0.05, 0) is 19.0 Å². The number of ether oxygens (including phenoxy) is 1. The average Bonchev–Trinajstić information content (AvgIpc) is 2.59. The first kappa shape index (κ1) is 12.3. The highest BCUT2D eigenvalue weighted by Gasteiger charge is 2.17. The Kier molecular flexibility index (Phi) is 4.55. The van der Waals surface area contributed by atoms with Gasteiger partial charge in [0.05, 0.1) is 0 Å². The van der Waals surface area contributed by atoms with Gasteiger partial charge >= 0.3 is 0 Å². The van der Waals surface area contributed by atoms with Gasteiger partial charge in [0.2, 0.25) is 0 Å². The standard InChI is InChI=1S/C11H15N3O2/c1-4-5-10(2)16-9-14-7-6-13(3)11(14)8-12-15/h6-8,10H,9H2,1-3H3/b11-8-. The Morgan fingerprint density at radius 1 is 1.62 bits per heavy atom. The summed E-state index contributed by atoms with van der Waals surface area (Å²) in [7, 11) is 1.84. The first-order valence-corrected chi connectivity index (χ1v) is 4.93. The SMILES string of the molecule is CC#CC(C)OCN1C=CN(C)/C1=C/N=O. The van der Waals surface area contributed by atoms with Crippen molar-refractivity contribution < 1.29 is 4.74 Å². The summed E-state index contributed by atoms with van der Waals surface area (Å²) in [5.74, 6) is 6.36. The van der Waals surface area contributed by atoms with Gasteiger partial charge in [-0.1, -0.05) is 5.92 Å². The van der Waals surface area contributed by atoms with Crippen LogP contribution in [0, 0.1) is 16.7 Å². The molecule has 1 aliphatic heterocycles. The summed E-state index contributed by atoms with van der Waals surface area (Å²) in [6.45, 7) is 3.99. The highest BCUT2D eigenvalue weighted by molar-refractivity contribution is 5.12. The van der Waals surface area contributed by atoms with Crippen molar-refractivity contribution in [3.63, 3.8) is 0 Å². The molecule has 86 valence electrons. The van der Waals surface area contributed by atoms with Crippen LogP contribution in [0.2, 0.25) is 0 Å². The van der Waals surface area contributed by atoms with Crippen LogP contribution >= 0.6 is 0 Å². The van der Waals surface area contributed by atoms with E-state index in [9.17, 15) is 4.91 Å². The van der Waals surface area contributed by atoms with Crippen molar-refractivity contribution in [2.45, 2.75) is 20.0 Å². The van der Waals surface area contributed by atoms with Crippen molar-refractivity contribution in [2.75, 3.05) is 13.8 Å². The van der Waals surface area contributed by atoms with E-state index in [0.717, 1.165) is 0 Å². The van der Waals surface area contributed by atoms with Crippen molar-refractivity contribution in [1.29, 1.82) is 0 Å². The van der Waals surface area contributed by atoms with Crippen LogP contribution in [0.5, 0.6) is 0 Å². The van der Waals surface area contributed by atoms with E-state index in [0.29, 0.717) is 12.6 Å². The third-order valence-electron chi connectivity index (χ3n) is 2.11. The van der Waals surface area contributed by atoms with E-state index in [1.54, 1.807) is 16.7 Å². The molecule has 0 bridgehead atoms. The van der Waals surface area contributed by atoms with Crippen molar-refractivity contribution in [3.8, 4) is 11.8 Å². The predicted octanol–water partition coefficient (Wildman–Crippen LogP) is 1.66. The van der Waals surface area contributed by atoms with Crippen LogP contribution in [0.15, 0.2) is 29.6 Å². The fourth-order valence-corrected chi connectivity index (χ4v) is 1.29. The third kappa shape index (κ3) is 3.11. The molecular weight excluding hydrogens is 206 g/mol. The van der Waals surface area contributed by atoms with Gasteiger partial charge in [-0.25, -0.2) is 0 Å². The molecule has 16 heavy (non-hydrogen) atoms. The van der Waals surface area contributed by atoms with Gasteiger partial charge in [0.15, 0.2) is 0 Å². The van der Waals surface area contributed by atoms with Gasteiger partial charge in [-0.2, -0.15) is 0 Å². The summed E-state index contributed by atoms with van der Waals surface area (Å²) in [6.07, 6.45) is 4.77. The Bertz CT molecular complexity index is 365. The zero-order chi connectivity index (χ0) is 12.0. The molecule has 1 aliphatic rings. The number of hydrogen-bond donors (Lipinski definition) is 0. The van der Waals surface area contributed by atoms with Gasteiger partial charge in [-0.3, -0.25) is 0 Å². The third-order valence-corrected chi connectivity index (χ3v) is 2.11. The minimum atomic E-state index is -0.130. The Labute approximate surface area is 95.3 Å².